The molecule has 38 heavy (non-hydrogen) atoms. The summed E-state index contributed by atoms with van der Waals surface area (Å²) in [6, 6.07) is 12.3. The summed E-state index contributed by atoms with van der Waals surface area (Å²) >= 11 is 0. The van der Waals surface area contributed by atoms with Crippen molar-refractivity contribution in [1.82, 2.24) is 4.90 Å². The van der Waals surface area contributed by atoms with E-state index in [1.807, 2.05) is 52.8 Å². The third kappa shape index (κ3) is 9.78. The number of ether oxygens (including phenoxy) is 1. The number of amides is 1. The third-order valence-corrected chi connectivity index (χ3v) is 7.83. The number of carboxylic acid groups (broad SMARTS) is 1. The van der Waals surface area contributed by atoms with Crippen molar-refractivity contribution in [3.05, 3.63) is 64.2 Å². The molecule has 1 N–H and O–H groups in total. The molecule has 1 amide bonds. The molecule has 0 aliphatic carbocycles. The maximum absolute atomic E-state index is 12.2. The highest BCUT2D eigenvalue weighted by Crippen LogP contribution is 2.30. The highest BCUT2D eigenvalue weighted by atomic mass is 32.2. The van der Waals surface area contributed by atoms with Crippen LogP contribution in [0.25, 0.3) is 0 Å². The Labute approximate surface area is 228 Å². The van der Waals surface area contributed by atoms with Crippen molar-refractivity contribution in [3.8, 4) is 5.75 Å². The highest BCUT2D eigenvalue weighted by molar-refractivity contribution is 7.90. The number of ketones is 1. The zero-order valence-corrected chi connectivity index (χ0v) is 24.7. The van der Waals surface area contributed by atoms with Crippen LogP contribution in [0.5, 0.6) is 5.75 Å². The monoisotopic (exact) mass is 545 g/mol. The fourth-order valence-corrected chi connectivity index (χ4v) is 4.76. The lowest BCUT2D eigenvalue weighted by atomic mass is 9.89. The van der Waals surface area contributed by atoms with Gasteiger partial charge in [0.15, 0.2) is 5.78 Å². The van der Waals surface area contributed by atoms with Crippen molar-refractivity contribution in [3.63, 3.8) is 0 Å². The zero-order chi connectivity index (χ0) is 28.7. The summed E-state index contributed by atoms with van der Waals surface area (Å²) in [5.74, 6) is 0.978. The van der Waals surface area contributed by atoms with E-state index in [2.05, 4.69) is 25.1 Å². The van der Waals surface area contributed by atoms with Gasteiger partial charge in [0.05, 0.1) is 5.75 Å². The van der Waals surface area contributed by atoms with Crippen LogP contribution >= 0.6 is 0 Å². The van der Waals surface area contributed by atoms with Gasteiger partial charge in [-0.15, -0.1) is 0 Å². The van der Waals surface area contributed by atoms with Gasteiger partial charge < -0.3 is 14.7 Å². The van der Waals surface area contributed by atoms with E-state index in [1.165, 1.54) is 11.1 Å². The van der Waals surface area contributed by atoms with Crippen molar-refractivity contribution in [1.29, 1.82) is 0 Å². The predicted octanol–water partition coefficient (Wildman–Crippen LogP) is 5.95. The molecule has 210 valence electrons. The number of carbonyl (C=O) groups excluding carboxylic acids is 1. The van der Waals surface area contributed by atoms with Gasteiger partial charge in [-0.25, -0.2) is 13.2 Å². The molecule has 2 aromatic carbocycles. The van der Waals surface area contributed by atoms with E-state index in [0.29, 0.717) is 5.92 Å². The molecule has 0 aliphatic rings. The standard InChI is InChI=1S/C30H43NO6S/c1-8-24(25-13-14-27(22(3)18-25)37-20-28(32)30(4,5)6)11-9-23-10-12-26(21(2)17-23)19-31(29(33)34)15-16-38(7,35)36/h10,12-14,17-18,24H,8-9,11,15-16,19-20H2,1-7H3,(H,33,34). The van der Waals surface area contributed by atoms with Crippen LogP contribution in [0.3, 0.4) is 0 Å². The molecule has 2 rings (SSSR count). The van der Waals surface area contributed by atoms with E-state index < -0.39 is 21.3 Å². The maximum atomic E-state index is 12.2. The molecular formula is C30H43NO6S. The SMILES string of the molecule is CCC(CCc1ccc(CN(CCS(C)(=O)=O)C(=O)O)c(C)c1)c1ccc(OCC(=O)C(C)(C)C)c(C)c1. The largest absolute Gasteiger partial charge is 0.486 e. The normalized spacial score (nSPS) is 12.7. The molecule has 2 aromatic rings. The van der Waals surface area contributed by atoms with E-state index in [9.17, 15) is 23.1 Å². The lowest BCUT2D eigenvalue weighted by Crippen LogP contribution is -2.33. The van der Waals surface area contributed by atoms with Crippen LogP contribution in [-0.4, -0.2) is 55.5 Å². The first-order valence-electron chi connectivity index (χ1n) is 13.1. The van der Waals surface area contributed by atoms with Crippen LogP contribution in [0.1, 0.15) is 74.3 Å². The first kappa shape index (κ1) is 31.3. The molecule has 0 bridgehead atoms. The second-order valence-electron chi connectivity index (χ2n) is 11.2. The van der Waals surface area contributed by atoms with Gasteiger partial charge in [0.1, 0.15) is 22.2 Å². The molecule has 0 spiro atoms. The van der Waals surface area contributed by atoms with Crippen LogP contribution in [0.2, 0.25) is 0 Å². The lowest BCUT2D eigenvalue weighted by molar-refractivity contribution is -0.128. The fraction of sp³-hybridized carbons (Fsp3) is 0.533. The quantitative estimate of drug-likeness (QED) is 0.334. The van der Waals surface area contributed by atoms with Crippen LogP contribution in [-0.2, 0) is 27.6 Å². The average Bonchev–Trinajstić information content (AvgIpc) is 2.81. The van der Waals surface area contributed by atoms with Crippen molar-refractivity contribution in [2.24, 2.45) is 5.41 Å². The molecule has 0 heterocycles. The average molecular weight is 546 g/mol. The van der Waals surface area contributed by atoms with E-state index >= 15 is 0 Å². The lowest BCUT2D eigenvalue weighted by Gasteiger charge is -2.21. The number of hydrogen-bond acceptors (Lipinski definition) is 5. The number of rotatable bonds is 13. The van der Waals surface area contributed by atoms with E-state index in [-0.39, 0.29) is 31.2 Å². The molecule has 7 nitrogen and oxygen atoms in total. The highest BCUT2D eigenvalue weighted by Gasteiger charge is 2.22. The van der Waals surface area contributed by atoms with Crippen LogP contribution in [0.4, 0.5) is 4.79 Å². The summed E-state index contributed by atoms with van der Waals surface area (Å²) in [4.78, 5) is 25.0. The Kier molecular flexibility index (Phi) is 10.9. The van der Waals surface area contributed by atoms with Gasteiger partial charge in [0.25, 0.3) is 0 Å². The summed E-state index contributed by atoms with van der Waals surface area (Å²) < 4.78 is 28.7. The first-order valence-corrected chi connectivity index (χ1v) is 15.2. The smallest absolute Gasteiger partial charge is 0.407 e. The van der Waals surface area contributed by atoms with Crippen molar-refractivity contribution >= 4 is 21.7 Å². The molecule has 0 aliphatic heterocycles. The first-order chi connectivity index (χ1) is 17.6. The third-order valence-electron chi connectivity index (χ3n) is 6.91. The Bertz CT molecular complexity index is 1230. The fourth-order valence-electron chi connectivity index (χ4n) is 4.21. The van der Waals surface area contributed by atoms with Gasteiger partial charge in [-0.3, -0.25) is 4.79 Å². The molecular weight excluding hydrogens is 502 g/mol. The van der Waals surface area contributed by atoms with Gasteiger partial charge in [-0.05, 0) is 72.9 Å². The van der Waals surface area contributed by atoms with Crippen molar-refractivity contribution in [2.45, 2.75) is 73.3 Å². The summed E-state index contributed by atoms with van der Waals surface area (Å²) in [5, 5.41) is 9.49. The van der Waals surface area contributed by atoms with Gasteiger partial charge in [0.2, 0.25) is 0 Å². The summed E-state index contributed by atoms with van der Waals surface area (Å²) in [5.41, 5.74) is 4.87. The van der Waals surface area contributed by atoms with Gasteiger partial charge in [0, 0.05) is 24.8 Å². The second-order valence-corrected chi connectivity index (χ2v) is 13.5. The summed E-state index contributed by atoms with van der Waals surface area (Å²) in [7, 11) is -3.25. The molecule has 1 unspecified atom stereocenters. The summed E-state index contributed by atoms with van der Waals surface area (Å²) in [6.45, 7) is 12.0. The number of nitrogens with zero attached hydrogens (tertiary/aromatic N) is 1. The Morgan fingerprint density at radius 1 is 1.05 bits per heavy atom. The van der Waals surface area contributed by atoms with Crippen molar-refractivity contribution < 1.29 is 27.9 Å². The number of Topliss-reactive ketones (excluding diaryl/α,β-unsaturated/α-hetero) is 1. The van der Waals surface area contributed by atoms with E-state index in [4.69, 9.17) is 4.74 Å². The van der Waals surface area contributed by atoms with Crippen LogP contribution in [0, 0.1) is 19.3 Å². The van der Waals surface area contributed by atoms with Gasteiger partial charge in [-0.1, -0.05) is 58.0 Å². The number of carbonyl (C=O) groups is 2. The van der Waals surface area contributed by atoms with Gasteiger partial charge in [-0.2, -0.15) is 0 Å². The van der Waals surface area contributed by atoms with Crippen molar-refractivity contribution in [2.75, 3.05) is 25.2 Å². The predicted molar refractivity (Wildman–Crippen MR) is 152 cm³/mol. The maximum Gasteiger partial charge on any atom is 0.407 e. The molecule has 0 radical (unpaired) electrons. The Morgan fingerprint density at radius 3 is 2.26 bits per heavy atom. The molecule has 0 fully saturated rings. The minimum absolute atomic E-state index is 0.0519. The van der Waals surface area contributed by atoms with E-state index in [1.54, 1.807) is 0 Å². The Morgan fingerprint density at radius 2 is 1.74 bits per heavy atom. The number of hydrogen-bond donors (Lipinski definition) is 1. The Balaban J connectivity index is 2.03. The molecule has 1 atom stereocenters. The minimum Gasteiger partial charge on any atom is -0.486 e. The molecule has 8 heteroatoms. The second kappa shape index (κ2) is 13.3. The van der Waals surface area contributed by atoms with Crippen LogP contribution < -0.4 is 4.74 Å². The topological polar surface area (TPSA) is 101 Å². The van der Waals surface area contributed by atoms with Crippen LogP contribution in [0.15, 0.2) is 36.4 Å². The van der Waals surface area contributed by atoms with E-state index in [0.717, 1.165) is 52.9 Å². The number of aryl methyl sites for hydroxylation is 3. The number of sulfone groups is 1. The zero-order valence-electron chi connectivity index (χ0n) is 23.8. The molecule has 0 saturated carbocycles. The number of benzene rings is 2. The summed E-state index contributed by atoms with van der Waals surface area (Å²) in [6.07, 6.45) is 2.82. The Hall–Kier alpha value is -2.87. The molecule has 0 saturated heterocycles. The molecule has 0 aromatic heterocycles. The minimum atomic E-state index is -3.25. The van der Waals surface area contributed by atoms with Gasteiger partial charge >= 0.3 is 6.09 Å².